The van der Waals surface area contributed by atoms with Crippen LogP contribution in [0.4, 0.5) is 0 Å². The monoisotopic (exact) mass is 301 g/mol. The quantitative estimate of drug-likeness (QED) is 0.834. The minimum atomic E-state index is -0.724. The molecule has 0 heterocycles. The topological polar surface area (TPSA) is 58.6 Å². The first-order valence-corrected chi connectivity index (χ1v) is 7.45. The second-order valence-electron chi connectivity index (χ2n) is 6.41. The van der Waals surface area contributed by atoms with E-state index in [4.69, 9.17) is 4.74 Å². The highest BCUT2D eigenvalue weighted by molar-refractivity contribution is 6.04. The summed E-state index contributed by atoms with van der Waals surface area (Å²) < 4.78 is 5.23. The number of hydrogen-bond donors (Lipinski definition) is 2. The Labute approximate surface area is 131 Å². The maximum atomic E-state index is 12.2. The second kappa shape index (κ2) is 6.90. The Morgan fingerprint density at radius 2 is 1.86 bits per heavy atom. The molecule has 0 amide bonds. The third-order valence-corrected chi connectivity index (χ3v) is 3.28. The maximum absolute atomic E-state index is 12.2. The number of carbonyl (C=O) groups excluding carboxylic acids is 1. The fourth-order valence-electron chi connectivity index (χ4n) is 2.14. The summed E-state index contributed by atoms with van der Waals surface area (Å²) in [6.45, 7) is 6.41. The molecule has 0 bridgehead atoms. The van der Waals surface area contributed by atoms with Gasteiger partial charge in [-0.15, -0.1) is 0 Å². The van der Waals surface area contributed by atoms with Crippen LogP contribution in [-0.2, 0) is 4.74 Å². The molecule has 0 aliphatic carbocycles. The maximum Gasteiger partial charge on any atom is 0.338 e. The molecule has 2 aromatic carbocycles. The molecular weight excluding hydrogens is 278 g/mol. The van der Waals surface area contributed by atoms with E-state index in [9.17, 15) is 9.90 Å². The first-order valence-electron chi connectivity index (χ1n) is 7.45. The van der Waals surface area contributed by atoms with Crippen molar-refractivity contribution in [1.82, 2.24) is 5.32 Å². The minimum Gasteiger partial charge on any atom is -0.459 e. The molecule has 1 atom stereocenters. The number of β-amino-alcohol motifs (C(OH)–C–C–N with tert-alkyl or cyclic N) is 1. The predicted octanol–water partition coefficient (Wildman–Crippen LogP) is 2.75. The first-order chi connectivity index (χ1) is 10.4. The van der Waals surface area contributed by atoms with Gasteiger partial charge in [-0.3, -0.25) is 0 Å². The Morgan fingerprint density at radius 1 is 1.18 bits per heavy atom. The van der Waals surface area contributed by atoms with Crippen molar-refractivity contribution in [3.8, 4) is 0 Å². The van der Waals surface area contributed by atoms with Gasteiger partial charge in [0.25, 0.3) is 0 Å². The fourth-order valence-corrected chi connectivity index (χ4v) is 2.14. The molecule has 4 nitrogen and oxygen atoms in total. The number of benzene rings is 2. The Morgan fingerprint density at radius 3 is 2.59 bits per heavy atom. The van der Waals surface area contributed by atoms with Crippen molar-refractivity contribution in [3.63, 3.8) is 0 Å². The summed E-state index contributed by atoms with van der Waals surface area (Å²) in [4.78, 5) is 12.2. The van der Waals surface area contributed by atoms with Crippen LogP contribution >= 0.6 is 0 Å². The summed E-state index contributed by atoms with van der Waals surface area (Å²) in [5, 5.41) is 14.9. The summed E-state index contributed by atoms with van der Waals surface area (Å²) in [6, 6.07) is 13.2. The lowest BCUT2D eigenvalue weighted by Crippen LogP contribution is -2.42. The van der Waals surface area contributed by atoms with Crippen molar-refractivity contribution in [1.29, 1.82) is 0 Å². The van der Waals surface area contributed by atoms with Gasteiger partial charge < -0.3 is 15.2 Å². The van der Waals surface area contributed by atoms with Crippen LogP contribution in [0.25, 0.3) is 10.8 Å². The van der Waals surface area contributed by atoms with E-state index in [1.807, 2.05) is 57.2 Å². The molecule has 118 valence electrons. The van der Waals surface area contributed by atoms with Crippen LogP contribution < -0.4 is 5.32 Å². The fraction of sp³-hybridized carbons (Fsp3) is 0.389. The van der Waals surface area contributed by atoms with Crippen molar-refractivity contribution in [2.24, 2.45) is 0 Å². The number of carbonyl (C=O) groups is 1. The second-order valence-corrected chi connectivity index (χ2v) is 6.41. The van der Waals surface area contributed by atoms with E-state index in [0.29, 0.717) is 12.1 Å². The van der Waals surface area contributed by atoms with Crippen LogP contribution in [0.5, 0.6) is 0 Å². The molecule has 0 unspecified atom stereocenters. The molecule has 0 saturated heterocycles. The summed E-state index contributed by atoms with van der Waals surface area (Å²) in [6.07, 6.45) is -0.724. The molecule has 0 saturated carbocycles. The van der Waals surface area contributed by atoms with Gasteiger partial charge in [-0.05, 0) is 37.6 Å². The number of aliphatic hydroxyl groups is 1. The molecule has 0 aliphatic heterocycles. The molecule has 0 spiro atoms. The van der Waals surface area contributed by atoms with Gasteiger partial charge in [0.15, 0.2) is 0 Å². The highest BCUT2D eigenvalue weighted by Crippen LogP contribution is 2.19. The smallest absolute Gasteiger partial charge is 0.338 e. The number of nitrogens with one attached hydrogen (secondary N) is 1. The molecule has 0 fully saturated rings. The number of rotatable bonds is 5. The average molecular weight is 301 g/mol. The van der Waals surface area contributed by atoms with Crippen molar-refractivity contribution in [2.75, 3.05) is 13.2 Å². The molecule has 2 aromatic rings. The van der Waals surface area contributed by atoms with Crippen LogP contribution in [0.2, 0.25) is 0 Å². The third-order valence-electron chi connectivity index (χ3n) is 3.28. The SMILES string of the molecule is CC(C)(C)NC[C@@H](O)COC(=O)c1cccc2ccccc12. The van der Waals surface area contributed by atoms with E-state index in [1.165, 1.54) is 0 Å². The average Bonchev–Trinajstić information content (AvgIpc) is 2.49. The summed E-state index contributed by atoms with van der Waals surface area (Å²) in [5.74, 6) is -0.411. The molecule has 0 aromatic heterocycles. The van der Waals surface area contributed by atoms with Crippen LogP contribution in [0.3, 0.4) is 0 Å². The van der Waals surface area contributed by atoms with E-state index in [0.717, 1.165) is 10.8 Å². The van der Waals surface area contributed by atoms with Gasteiger partial charge in [-0.25, -0.2) is 4.79 Å². The molecular formula is C18H23NO3. The van der Waals surface area contributed by atoms with Crippen molar-refractivity contribution < 1.29 is 14.6 Å². The molecule has 2 N–H and O–H groups in total. The lowest BCUT2D eigenvalue weighted by molar-refractivity contribution is 0.0249. The van der Waals surface area contributed by atoms with Crippen molar-refractivity contribution in [3.05, 3.63) is 48.0 Å². The summed E-state index contributed by atoms with van der Waals surface area (Å²) in [7, 11) is 0. The predicted molar refractivity (Wildman–Crippen MR) is 88.0 cm³/mol. The molecule has 4 heteroatoms. The van der Waals surface area contributed by atoms with Crippen LogP contribution in [-0.4, -0.2) is 35.9 Å². The van der Waals surface area contributed by atoms with Gasteiger partial charge in [0.05, 0.1) is 5.56 Å². The first kappa shape index (κ1) is 16.5. The van der Waals surface area contributed by atoms with E-state index in [2.05, 4.69) is 5.32 Å². The zero-order chi connectivity index (χ0) is 16.2. The molecule has 22 heavy (non-hydrogen) atoms. The Hall–Kier alpha value is -1.91. The van der Waals surface area contributed by atoms with Crippen LogP contribution in [0.1, 0.15) is 31.1 Å². The third kappa shape index (κ3) is 4.55. The highest BCUT2D eigenvalue weighted by Gasteiger charge is 2.15. The van der Waals surface area contributed by atoms with Gasteiger partial charge in [-0.1, -0.05) is 36.4 Å². The number of esters is 1. The van der Waals surface area contributed by atoms with Gasteiger partial charge in [0.1, 0.15) is 12.7 Å². The minimum absolute atomic E-state index is 0.0227. The number of aliphatic hydroxyl groups excluding tert-OH is 1. The van der Waals surface area contributed by atoms with Gasteiger partial charge in [0.2, 0.25) is 0 Å². The molecule has 0 radical (unpaired) electrons. The van der Waals surface area contributed by atoms with Gasteiger partial charge in [-0.2, -0.15) is 0 Å². The van der Waals surface area contributed by atoms with Crippen LogP contribution in [0, 0.1) is 0 Å². The van der Waals surface area contributed by atoms with Crippen LogP contribution in [0.15, 0.2) is 42.5 Å². The number of ether oxygens (including phenoxy) is 1. The van der Waals surface area contributed by atoms with Gasteiger partial charge in [0, 0.05) is 12.1 Å². The Kier molecular flexibility index (Phi) is 5.16. The number of fused-ring (bicyclic) bond motifs is 1. The summed E-state index contributed by atoms with van der Waals surface area (Å²) in [5.41, 5.74) is 0.440. The zero-order valence-corrected chi connectivity index (χ0v) is 13.3. The van der Waals surface area contributed by atoms with E-state index in [1.54, 1.807) is 6.07 Å². The summed E-state index contributed by atoms with van der Waals surface area (Å²) >= 11 is 0. The lowest BCUT2D eigenvalue weighted by atomic mass is 10.0. The highest BCUT2D eigenvalue weighted by atomic mass is 16.5. The van der Waals surface area contributed by atoms with Crippen molar-refractivity contribution >= 4 is 16.7 Å². The molecule has 2 rings (SSSR count). The Balaban J connectivity index is 1.97. The largest absolute Gasteiger partial charge is 0.459 e. The van der Waals surface area contributed by atoms with E-state index in [-0.39, 0.29) is 12.1 Å². The standard InChI is InChI=1S/C18H23NO3/c1-18(2,3)19-11-14(20)12-22-17(21)16-10-6-8-13-7-4-5-9-15(13)16/h4-10,14,19-20H,11-12H2,1-3H3/t14-/m1/s1. The number of hydrogen-bond acceptors (Lipinski definition) is 4. The van der Waals surface area contributed by atoms with E-state index >= 15 is 0 Å². The van der Waals surface area contributed by atoms with Gasteiger partial charge >= 0.3 is 5.97 Å². The Bertz CT molecular complexity index is 641. The normalized spacial score (nSPS) is 13.1. The van der Waals surface area contributed by atoms with E-state index < -0.39 is 12.1 Å². The van der Waals surface area contributed by atoms with Crippen molar-refractivity contribution in [2.45, 2.75) is 32.4 Å². The zero-order valence-electron chi connectivity index (χ0n) is 13.3. The molecule has 0 aliphatic rings. The lowest BCUT2D eigenvalue weighted by Gasteiger charge is -2.22.